The number of likely N-dealkylation sites (tertiary alicyclic amines) is 1. The second kappa shape index (κ2) is 5.63. The second-order valence-corrected chi connectivity index (χ2v) is 5.80. The summed E-state index contributed by atoms with van der Waals surface area (Å²) in [6.45, 7) is 8.52. The molecule has 0 bridgehead atoms. The van der Waals surface area contributed by atoms with Crippen molar-refractivity contribution in [1.29, 1.82) is 0 Å². The summed E-state index contributed by atoms with van der Waals surface area (Å²) in [5.41, 5.74) is -0.934. The van der Waals surface area contributed by atoms with Crippen molar-refractivity contribution in [3.05, 3.63) is 12.2 Å². The molecule has 1 amide bonds. The van der Waals surface area contributed by atoms with E-state index in [9.17, 15) is 14.7 Å². The van der Waals surface area contributed by atoms with Gasteiger partial charge in [-0.1, -0.05) is 26.8 Å². The summed E-state index contributed by atoms with van der Waals surface area (Å²) < 4.78 is 4.86. The monoisotopic (exact) mass is 269 g/mol. The highest BCUT2D eigenvalue weighted by molar-refractivity contribution is 5.82. The van der Waals surface area contributed by atoms with Crippen molar-refractivity contribution in [2.75, 3.05) is 13.2 Å². The van der Waals surface area contributed by atoms with Gasteiger partial charge in [0.2, 0.25) is 0 Å². The van der Waals surface area contributed by atoms with Crippen molar-refractivity contribution in [2.24, 2.45) is 5.41 Å². The van der Waals surface area contributed by atoms with Gasteiger partial charge in [-0.15, -0.1) is 0 Å². The minimum atomic E-state index is -0.944. The maximum atomic E-state index is 11.5. The molecule has 0 aliphatic carbocycles. The molecule has 0 aromatic rings. The molecule has 1 N–H and O–H groups in total. The first-order valence-electron chi connectivity index (χ1n) is 6.61. The minimum Gasteiger partial charge on any atom is -0.465 e. The van der Waals surface area contributed by atoms with Gasteiger partial charge in [0.25, 0.3) is 0 Å². The number of carboxylic acid groups (broad SMARTS) is 1. The van der Waals surface area contributed by atoms with E-state index < -0.39 is 17.6 Å². The average Bonchev–Trinajstić information content (AvgIpc) is 2.71. The zero-order chi connectivity index (χ0) is 14.7. The van der Waals surface area contributed by atoms with Crippen LogP contribution >= 0.6 is 0 Å². The lowest BCUT2D eigenvalue weighted by Crippen LogP contribution is -2.54. The van der Waals surface area contributed by atoms with Crippen LogP contribution in [-0.4, -0.2) is 40.8 Å². The fourth-order valence-electron chi connectivity index (χ4n) is 2.71. The molecule has 5 nitrogen and oxygen atoms in total. The lowest BCUT2D eigenvalue weighted by molar-refractivity contribution is -0.137. The van der Waals surface area contributed by atoms with Gasteiger partial charge in [-0.2, -0.15) is 0 Å². The van der Waals surface area contributed by atoms with E-state index in [2.05, 4.69) is 0 Å². The molecule has 1 rings (SSSR count). The molecule has 1 fully saturated rings. The molecule has 19 heavy (non-hydrogen) atoms. The number of rotatable bonds is 3. The zero-order valence-corrected chi connectivity index (χ0v) is 12.1. The zero-order valence-electron chi connectivity index (χ0n) is 12.1. The van der Waals surface area contributed by atoms with E-state index in [0.717, 1.165) is 12.8 Å². The van der Waals surface area contributed by atoms with Crippen molar-refractivity contribution < 1.29 is 19.4 Å². The molecule has 1 aliphatic heterocycles. The van der Waals surface area contributed by atoms with Crippen LogP contribution in [0, 0.1) is 5.41 Å². The average molecular weight is 269 g/mol. The van der Waals surface area contributed by atoms with E-state index in [1.54, 1.807) is 13.0 Å². The number of hydrogen-bond donors (Lipinski definition) is 1. The van der Waals surface area contributed by atoms with Gasteiger partial charge in [-0.25, -0.2) is 9.59 Å². The smallest absolute Gasteiger partial charge is 0.408 e. The normalized spacial score (nSPS) is 23.9. The van der Waals surface area contributed by atoms with Crippen LogP contribution in [0.5, 0.6) is 0 Å². The van der Waals surface area contributed by atoms with Crippen LogP contribution in [0.15, 0.2) is 12.2 Å². The van der Waals surface area contributed by atoms with E-state index in [1.807, 2.05) is 20.8 Å². The Morgan fingerprint density at radius 1 is 1.42 bits per heavy atom. The molecule has 0 saturated carbocycles. The highest BCUT2D eigenvalue weighted by Gasteiger charge is 2.50. The van der Waals surface area contributed by atoms with Gasteiger partial charge in [-0.3, -0.25) is 4.90 Å². The summed E-state index contributed by atoms with van der Waals surface area (Å²) >= 11 is 0. The van der Waals surface area contributed by atoms with E-state index in [0.29, 0.717) is 13.2 Å². The van der Waals surface area contributed by atoms with Gasteiger partial charge < -0.3 is 9.84 Å². The van der Waals surface area contributed by atoms with Crippen LogP contribution in [0.25, 0.3) is 0 Å². The predicted octanol–water partition coefficient (Wildman–Crippen LogP) is 2.66. The molecule has 0 aromatic carbocycles. The summed E-state index contributed by atoms with van der Waals surface area (Å²) in [6.07, 6.45) is 3.64. The molecule has 0 spiro atoms. The molecule has 1 heterocycles. The van der Waals surface area contributed by atoms with Crippen LogP contribution in [0.1, 0.15) is 40.5 Å². The standard InChI is InChI=1S/C14H23NO4/c1-5-19-11(16)7-9-14(13(2,3)4)8-6-10-15(14)12(17)18/h7,9H,5-6,8,10H2,1-4H3,(H,17,18)/b9-7+/t14-/m1/s1. The number of amides is 1. The number of carbonyl (C=O) groups is 2. The minimum absolute atomic E-state index is 0.287. The molecule has 5 heteroatoms. The first-order valence-corrected chi connectivity index (χ1v) is 6.61. The number of hydrogen-bond acceptors (Lipinski definition) is 3. The maximum absolute atomic E-state index is 11.5. The van der Waals surface area contributed by atoms with Crippen LogP contribution in [0.2, 0.25) is 0 Å². The summed E-state index contributed by atoms with van der Waals surface area (Å²) in [5.74, 6) is -0.427. The summed E-state index contributed by atoms with van der Waals surface area (Å²) in [4.78, 5) is 24.3. The van der Waals surface area contributed by atoms with Crippen molar-refractivity contribution >= 4 is 12.1 Å². The summed E-state index contributed by atoms with van der Waals surface area (Å²) in [7, 11) is 0. The molecule has 0 radical (unpaired) electrons. The number of carbonyl (C=O) groups excluding carboxylic acids is 1. The molecular weight excluding hydrogens is 246 g/mol. The van der Waals surface area contributed by atoms with Crippen LogP contribution in [0.3, 0.4) is 0 Å². The van der Waals surface area contributed by atoms with Gasteiger partial charge in [-0.05, 0) is 25.2 Å². The number of esters is 1. The van der Waals surface area contributed by atoms with Gasteiger partial charge in [0.15, 0.2) is 0 Å². The Labute approximate surface area is 114 Å². The van der Waals surface area contributed by atoms with E-state index in [-0.39, 0.29) is 5.41 Å². The molecule has 1 atom stereocenters. The topological polar surface area (TPSA) is 66.8 Å². The summed E-state index contributed by atoms with van der Waals surface area (Å²) in [6, 6.07) is 0. The third kappa shape index (κ3) is 3.08. The Kier molecular flexibility index (Phi) is 4.61. The molecule has 1 aliphatic rings. The van der Waals surface area contributed by atoms with Crippen molar-refractivity contribution in [3.63, 3.8) is 0 Å². The van der Waals surface area contributed by atoms with Crippen molar-refractivity contribution in [1.82, 2.24) is 4.90 Å². The highest BCUT2D eigenvalue weighted by atomic mass is 16.5. The Morgan fingerprint density at radius 2 is 2.05 bits per heavy atom. The van der Waals surface area contributed by atoms with Gasteiger partial charge >= 0.3 is 12.1 Å². The third-order valence-electron chi connectivity index (χ3n) is 3.73. The van der Waals surface area contributed by atoms with Gasteiger partial charge in [0.1, 0.15) is 0 Å². The number of ether oxygens (including phenoxy) is 1. The Balaban J connectivity index is 3.08. The maximum Gasteiger partial charge on any atom is 0.408 e. The largest absolute Gasteiger partial charge is 0.465 e. The first-order chi connectivity index (χ1) is 8.74. The van der Waals surface area contributed by atoms with Crippen LogP contribution in [0.4, 0.5) is 4.79 Å². The predicted molar refractivity (Wildman–Crippen MR) is 71.9 cm³/mol. The molecule has 1 saturated heterocycles. The molecular formula is C14H23NO4. The Hall–Kier alpha value is -1.52. The lowest BCUT2D eigenvalue weighted by atomic mass is 9.71. The lowest BCUT2D eigenvalue weighted by Gasteiger charge is -2.45. The van der Waals surface area contributed by atoms with E-state index in [1.165, 1.54) is 11.0 Å². The van der Waals surface area contributed by atoms with E-state index >= 15 is 0 Å². The second-order valence-electron chi connectivity index (χ2n) is 5.80. The summed E-state index contributed by atoms with van der Waals surface area (Å²) in [5, 5.41) is 9.36. The Morgan fingerprint density at radius 3 is 2.53 bits per heavy atom. The van der Waals surface area contributed by atoms with Crippen molar-refractivity contribution in [2.45, 2.75) is 46.1 Å². The SMILES string of the molecule is CCOC(=O)/C=C/[C@@]1(C(C)(C)C)CCCN1C(=O)O. The fourth-order valence-corrected chi connectivity index (χ4v) is 2.71. The molecule has 0 unspecified atom stereocenters. The Bertz CT molecular complexity index is 383. The van der Waals surface area contributed by atoms with Crippen molar-refractivity contribution in [3.8, 4) is 0 Å². The van der Waals surface area contributed by atoms with Crippen LogP contribution < -0.4 is 0 Å². The quantitative estimate of drug-likeness (QED) is 0.632. The fraction of sp³-hybridized carbons (Fsp3) is 0.714. The first kappa shape index (κ1) is 15.5. The third-order valence-corrected chi connectivity index (χ3v) is 3.73. The van der Waals surface area contributed by atoms with Gasteiger partial charge in [0, 0.05) is 12.6 Å². The highest BCUT2D eigenvalue weighted by Crippen LogP contribution is 2.44. The molecule has 108 valence electrons. The van der Waals surface area contributed by atoms with Crippen LogP contribution in [-0.2, 0) is 9.53 Å². The van der Waals surface area contributed by atoms with E-state index in [4.69, 9.17) is 4.74 Å². The van der Waals surface area contributed by atoms with Gasteiger partial charge in [0.05, 0.1) is 12.1 Å². The number of nitrogens with zero attached hydrogens (tertiary/aromatic N) is 1. The molecule has 0 aromatic heterocycles.